The van der Waals surface area contributed by atoms with E-state index in [1.807, 2.05) is 60.4 Å². The molecule has 0 aliphatic carbocycles. The van der Waals surface area contributed by atoms with Gasteiger partial charge in [0.05, 0.1) is 13.2 Å². The van der Waals surface area contributed by atoms with Crippen LogP contribution in [0.3, 0.4) is 0 Å². The van der Waals surface area contributed by atoms with Gasteiger partial charge in [-0.2, -0.15) is 0 Å². The zero-order valence-corrected chi connectivity index (χ0v) is 14.5. The van der Waals surface area contributed by atoms with Crippen molar-refractivity contribution in [2.75, 3.05) is 7.11 Å². The lowest BCUT2D eigenvalue weighted by atomic mass is 10.1. The average molecular weight is 342 g/mol. The SMILES string of the molecule is COc1ccc(Cl)cc1CNC(c1ccccc1)c1nccn1C. The summed E-state index contributed by atoms with van der Waals surface area (Å²) in [5.41, 5.74) is 2.17. The van der Waals surface area contributed by atoms with Crippen molar-refractivity contribution >= 4 is 11.6 Å². The smallest absolute Gasteiger partial charge is 0.130 e. The van der Waals surface area contributed by atoms with Crippen LogP contribution in [-0.4, -0.2) is 16.7 Å². The van der Waals surface area contributed by atoms with Crippen molar-refractivity contribution in [2.24, 2.45) is 7.05 Å². The molecule has 4 nitrogen and oxygen atoms in total. The van der Waals surface area contributed by atoms with Crippen LogP contribution in [0.5, 0.6) is 5.75 Å². The van der Waals surface area contributed by atoms with Gasteiger partial charge >= 0.3 is 0 Å². The van der Waals surface area contributed by atoms with E-state index in [9.17, 15) is 0 Å². The molecule has 124 valence electrons. The Morgan fingerprint density at radius 3 is 2.67 bits per heavy atom. The van der Waals surface area contributed by atoms with Gasteiger partial charge in [0.1, 0.15) is 11.6 Å². The van der Waals surface area contributed by atoms with Crippen molar-refractivity contribution in [1.82, 2.24) is 14.9 Å². The van der Waals surface area contributed by atoms with Gasteiger partial charge in [0, 0.05) is 36.6 Å². The van der Waals surface area contributed by atoms with Gasteiger partial charge in [0.2, 0.25) is 0 Å². The third kappa shape index (κ3) is 3.61. The second-order valence-electron chi connectivity index (χ2n) is 5.58. The minimum atomic E-state index is -0.0186. The highest BCUT2D eigenvalue weighted by molar-refractivity contribution is 6.30. The number of imidazole rings is 1. The highest BCUT2D eigenvalue weighted by Crippen LogP contribution is 2.25. The standard InChI is InChI=1S/C19H20ClN3O/c1-23-11-10-21-19(23)18(14-6-4-3-5-7-14)22-13-15-12-16(20)8-9-17(15)24-2/h3-12,18,22H,13H2,1-2H3. The summed E-state index contributed by atoms with van der Waals surface area (Å²) < 4.78 is 7.46. The number of nitrogens with one attached hydrogen (secondary N) is 1. The Bertz CT molecular complexity index is 801. The molecule has 3 rings (SSSR count). The van der Waals surface area contributed by atoms with E-state index in [4.69, 9.17) is 16.3 Å². The summed E-state index contributed by atoms with van der Waals surface area (Å²) in [6, 6.07) is 15.9. The average Bonchev–Trinajstić information content (AvgIpc) is 3.02. The van der Waals surface area contributed by atoms with Crippen molar-refractivity contribution in [1.29, 1.82) is 0 Å². The molecule has 24 heavy (non-hydrogen) atoms. The number of ether oxygens (including phenoxy) is 1. The predicted molar refractivity (Wildman–Crippen MR) is 96.3 cm³/mol. The molecule has 3 aromatic rings. The van der Waals surface area contributed by atoms with Crippen molar-refractivity contribution < 1.29 is 4.74 Å². The van der Waals surface area contributed by atoms with Gasteiger partial charge in [-0.15, -0.1) is 0 Å². The fourth-order valence-electron chi connectivity index (χ4n) is 2.76. The highest BCUT2D eigenvalue weighted by Gasteiger charge is 2.18. The Morgan fingerprint density at radius 1 is 1.21 bits per heavy atom. The number of aromatic nitrogens is 2. The number of methoxy groups -OCH3 is 1. The molecule has 5 heteroatoms. The molecule has 0 saturated carbocycles. The van der Waals surface area contributed by atoms with Crippen LogP contribution < -0.4 is 10.1 Å². The first kappa shape index (κ1) is 16.6. The van der Waals surface area contributed by atoms with Gasteiger partial charge in [-0.05, 0) is 23.8 Å². The fraction of sp³-hybridized carbons (Fsp3) is 0.211. The molecule has 1 aromatic heterocycles. The molecule has 0 aliphatic heterocycles. The first-order valence-corrected chi connectivity index (χ1v) is 8.15. The van der Waals surface area contributed by atoms with E-state index in [1.54, 1.807) is 7.11 Å². The van der Waals surface area contributed by atoms with Crippen LogP contribution in [-0.2, 0) is 13.6 Å². The topological polar surface area (TPSA) is 39.1 Å². The van der Waals surface area contributed by atoms with Gasteiger partial charge in [0.15, 0.2) is 0 Å². The molecular formula is C19H20ClN3O. The van der Waals surface area contributed by atoms with Gasteiger partial charge < -0.3 is 9.30 Å². The van der Waals surface area contributed by atoms with E-state index in [0.717, 1.165) is 22.7 Å². The molecule has 2 aromatic carbocycles. The monoisotopic (exact) mass is 341 g/mol. The highest BCUT2D eigenvalue weighted by atomic mass is 35.5. The maximum Gasteiger partial charge on any atom is 0.130 e. The molecule has 0 fully saturated rings. The summed E-state index contributed by atoms with van der Waals surface area (Å²) in [5, 5.41) is 4.27. The van der Waals surface area contributed by atoms with Crippen LogP contribution >= 0.6 is 11.6 Å². The zero-order chi connectivity index (χ0) is 16.9. The maximum absolute atomic E-state index is 6.13. The van der Waals surface area contributed by atoms with E-state index in [2.05, 4.69) is 22.4 Å². The summed E-state index contributed by atoms with van der Waals surface area (Å²) in [6.07, 6.45) is 3.76. The van der Waals surface area contributed by atoms with E-state index in [0.29, 0.717) is 11.6 Å². The van der Waals surface area contributed by atoms with Gasteiger partial charge in [-0.3, -0.25) is 5.32 Å². The molecular weight excluding hydrogens is 322 g/mol. The molecule has 0 radical (unpaired) electrons. The van der Waals surface area contributed by atoms with Crippen LogP contribution in [0.1, 0.15) is 23.0 Å². The van der Waals surface area contributed by atoms with Crippen molar-refractivity contribution in [3.63, 3.8) is 0 Å². The maximum atomic E-state index is 6.13. The quantitative estimate of drug-likeness (QED) is 0.737. The Balaban J connectivity index is 1.88. The number of rotatable bonds is 6. The molecule has 0 aliphatic rings. The van der Waals surface area contributed by atoms with Gasteiger partial charge in [-0.1, -0.05) is 41.9 Å². The third-order valence-corrected chi connectivity index (χ3v) is 4.22. The minimum Gasteiger partial charge on any atom is -0.496 e. The lowest BCUT2D eigenvalue weighted by Crippen LogP contribution is -2.25. The predicted octanol–water partition coefficient (Wildman–Crippen LogP) is 3.96. The summed E-state index contributed by atoms with van der Waals surface area (Å²) in [4.78, 5) is 4.51. The minimum absolute atomic E-state index is 0.0186. The first-order chi connectivity index (χ1) is 11.7. The van der Waals surface area contributed by atoms with E-state index >= 15 is 0 Å². The lowest BCUT2D eigenvalue weighted by molar-refractivity contribution is 0.406. The molecule has 0 saturated heterocycles. The second kappa shape index (κ2) is 7.51. The summed E-state index contributed by atoms with van der Waals surface area (Å²) in [5.74, 6) is 1.78. The molecule has 1 N–H and O–H groups in total. The van der Waals surface area contributed by atoms with Crippen molar-refractivity contribution in [3.8, 4) is 5.75 Å². The number of hydrogen-bond acceptors (Lipinski definition) is 3. The first-order valence-electron chi connectivity index (χ1n) is 7.77. The molecule has 1 unspecified atom stereocenters. The summed E-state index contributed by atoms with van der Waals surface area (Å²) in [6.45, 7) is 0.621. The van der Waals surface area contributed by atoms with Gasteiger partial charge in [-0.25, -0.2) is 4.98 Å². The Hall–Kier alpha value is -2.30. The van der Waals surface area contributed by atoms with Crippen LogP contribution in [0.25, 0.3) is 0 Å². The fourth-order valence-corrected chi connectivity index (χ4v) is 2.95. The summed E-state index contributed by atoms with van der Waals surface area (Å²) in [7, 11) is 3.67. The lowest BCUT2D eigenvalue weighted by Gasteiger charge is -2.20. The summed E-state index contributed by atoms with van der Waals surface area (Å²) >= 11 is 6.13. The van der Waals surface area contributed by atoms with Crippen LogP contribution in [0, 0.1) is 0 Å². The molecule has 1 atom stereocenters. The molecule has 1 heterocycles. The second-order valence-corrected chi connectivity index (χ2v) is 6.01. The number of aryl methyl sites for hydroxylation is 1. The van der Waals surface area contributed by atoms with E-state index in [-0.39, 0.29) is 6.04 Å². The van der Waals surface area contributed by atoms with Crippen LogP contribution in [0.2, 0.25) is 5.02 Å². The number of nitrogens with zero attached hydrogens (tertiary/aromatic N) is 2. The van der Waals surface area contributed by atoms with E-state index in [1.165, 1.54) is 0 Å². The molecule has 0 amide bonds. The van der Waals surface area contributed by atoms with Crippen molar-refractivity contribution in [3.05, 3.63) is 82.9 Å². The Morgan fingerprint density at radius 2 is 2.00 bits per heavy atom. The largest absolute Gasteiger partial charge is 0.496 e. The molecule has 0 spiro atoms. The number of hydrogen-bond donors (Lipinski definition) is 1. The Labute approximate surface area is 147 Å². The zero-order valence-electron chi connectivity index (χ0n) is 13.7. The van der Waals surface area contributed by atoms with Gasteiger partial charge in [0.25, 0.3) is 0 Å². The van der Waals surface area contributed by atoms with Crippen LogP contribution in [0.4, 0.5) is 0 Å². The number of halogens is 1. The van der Waals surface area contributed by atoms with Crippen LogP contribution in [0.15, 0.2) is 60.9 Å². The number of benzene rings is 2. The normalized spacial score (nSPS) is 12.1. The molecule has 0 bridgehead atoms. The Kier molecular flexibility index (Phi) is 5.18. The third-order valence-electron chi connectivity index (χ3n) is 3.99. The van der Waals surface area contributed by atoms with E-state index < -0.39 is 0 Å². The van der Waals surface area contributed by atoms with Crippen molar-refractivity contribution in [2.45, 2.75) is 12.6 Å².